The summed E-state index contributed by atoms with van der Waals surface area (Å²) in [7, 11) is 0. The predicted molar refractivity (Wildman–Crippen MR) is 54.4 cm³/mol. The number of rotatable bonds is 6. The zero-order valence-corrected chi connectivity index (χ0v) is 8.89. The summed E-state index contributed by atoms with van der Waals surface area (Å²) in [6.45, 7) is 2.04. The third-order valence-corrected chi connectivity index (χ3v) is 2.51. The zero-order chi connectivity index (χ0) is 9.36. The molecule has 1 fully saturated rings. The lowest BCUT2D eigenvalue weighted by molar-refractivity contribution is -0.00755. The van der Waals surface area contributed by atoms with Gasteiger partial charge in [-0.05, 0) is 12.8 Å². The van der Waals surface area contributed by atoms with Crippen LogP contribution in [0.3, 0.4) is 0 Å². The standard InChI is InChI=1S/C10H19ClO2/c11-6-7-12-8-9-13-10-4-2-1-3-5-10/h10H,1-9H2. The lowest BCUT2D eigenvalue weighted by Crippen LogP contribution is -2.19. The molecule has 78 valence electrons. The van der Waals surface area contributed by atoms with Crippen LogP contribution in [0.2, 0.25) is 0 Å². The van der Waals surface area contributed by atoms with Crippen LogP contribution in [0.4, 0.5) is 0 Å². The molecule has 0 N–H and O–H groups in total. The lowest BCUT2D eigenvalue weighted by Gasteiger charge is -2.21. The number of ether oxygens (including phenoxy) is 2. The quantitative estimate of drug-likeness (QED) is 0.491. The second kappa shape index (κ2) is 7.60. The topological polar surface area (TPSA) is 18.5 Å². The molecule has 0 unspecified atom stereocenters. The van der Waals surface area contributed by atoms with Gasteiger partial charge in [-0.25, -0.2) is 0 Å². The summed E-state index contributed by atoms with van der Waals surface area (Å²) in [5, 5.41) is 0. The van der Waals surface area contributed by atoms with E-state index in [2.05, 4.69) is 0 Å². The van der Waals surface area contributed by atoms with Crippen molar-refractivity contribution >= 4 is 11.6 Å². The van der Waals surface area contributed by atoms with Crippen molar-refractivity contribution in [3.05, 3.63) is 0 Å². The highest BCUT2D eigenvalue weighted by Crippen LogP contribution is 2.19. The third-order valence-electron chi connectivity index (χ3n) is 2.35. The largest absolute Gasteiger partial charge is 0.378 e. The summed E-state index contributed by atoms with van der Waals surface area (Å²) >= 11 is 5.46. The van der Waals surface area contributed by atoms with Gasteiger partial charge in [-0.1, -0.05) is 19.3 Å². The van der Waals surface area contributed by atoms with Crippen LogP contribution in [0.5, 0.6) is 0 Å². The molecule has 0 aliphatic heterocycles. The molecule has 0 aromatic carbocycles. The van der Waals surface area contributed by atoms with E-state index in [9.17, 15) is 0 Å². The highest BCUT2D eigenvalue weighted by Gasteiger charge is 2.12. The van der Waals surface area contributed by atoms with E-state index in [-0.39, 0.29) is 0 Å². The third kappa shape index (κ3) is 5.50. The molecule has 0 heterocycles. The van der Waals surface area contributed by atoms with E-state index in [1.807, 2.05) is 0 Å². The van der Waals surface area contributed by atoms with E-state index in [0.717, 1.165) is 6.61 Å². The van der Waals surface area contributed by atoms with E-state index >= 15 is 0 Å². The molecule has 0 saturated heterocycles. The van der Waals surface area contributed by atoms with Crippen LogP contribution >= 0.6 is 11.6 Å². The highest BCUT2D eigenvalue weighted by atomic mass is 35.5. The monoisotopic (exact) mass is 206 g/mol. The average Bonchev–Trinajstić information content (AvgIpc) is 2.19. The van der Waals surface area contributed by atoms with Gasteiger partial charge in [0, 0.05) is 5.88 Å². The predicted octanol–water partition coefficient (Wildman–Crippen LogP) is 2.59. The number of hydrogen-bond acceptors (Lipinski definition) is 2. The maximum atomic E-state index is 5.66. The molecule has 1 saturated carbocycles. The van der Waals surface area contributed by atoms with Crippen LogP contribution in [0, 0.1) is 0 Å². The lowest BCUT2D eigenvalue weighted by atomic mass is 9.98. The van der Waals surface area contributed by atoms with Gasteiger partial charge in [0.05, 0.1) is 25.9 Å². The van der Waals surface area contributed by atoms with Crippen molar-refractivity contribution in [1.82, 2.24) is 0 Å². The summed E-state index contributed by atoms with van der Waals surface area (Å²) in [6.07, 6.45) is 6.99. The van der Waals surface area contributed by atoms with Gasteiger partial charge in [-0.3, -0.25) is 0 Å². The minimum absolute atomic E-state index is 0.494. The van der Waals surface area contributed by atoms with Crippen molar-refractivity contribution in [2.45, 2.75) is 38.2 Å². The molecule has 3 heteroatoms. The number of halogens is 1. The second-order valence-electron chi connectivity index (χ2n) is 3.43. The van der Waals surface area contributed by atoms with Crippen molar-refractivity contribution in [2.75, 3.05) is 25.7 Å². The van der Waals surface area contributed by atoms with E-state index in [1.54, 1.807) is 0 Å². The van der Waals surface area contributed by atoms with Crippen LogP contribution in [0.25, 0.3) is 0 Å². The molecule has 1 aliphatic rings. The Morgan fingerprint density at radius 2 is 1.77 bits per heavy atom. The molecule has 2 nitrogen and oxygen atoms in total. The van der Waals surface area contributed by atoms with Gasteiger partial charge in [0.25, 0.3) is 0 Å². The molecule has 0 amide bonds. The first-order chi connectivity index (χ1) is 6.43. The van der Waals surface area contributed by atoms with Crippen LogP contribution in [0.1, 0.15) is 32.1 Å². The molecular formula is C10H19ClO2. The fourth-order valence-electron chi connectivity index (χ4n) is 1.66. The van der Waals surface area contributed by atoms with E-state index < -0.39 is 0 Å². The van der Waals surface area contributed by atoms with E-state index in [0.29, 0.717) is 25.2 Å². The molecule has 0 spiro atoms. The van der Waals surface area contributed by atoms with Crippen molar-refractivity contribution in [3.8, 4) is 0 Å². The molecular weight excluding hydrogens is 188 g/mol. The molecule has 0 aromatic heterocycles. The van der Waals surface area contributed by atoms with Crippen molar-refractivity contribution < 1.29 is 9.47 Å². The van der Waals surface area contributed by atoms with Gasteiger partial charge in [0.15, 0.2) is 0 Å². The molecule has 13 heavy (non-hydrogen) atoms. The Kier molecular flexibility index (Phi) is 6.60. The van der Waals surface area contributed by atoms with Crippen LogP contribution in [-0.2, 0) is 9.47 Å². The molecule has 1 aliphatic carbocycles. The Morgan fingerprint density at radius 3 is 2.46 bits per heavy atom. The Bertz CT molecular complexity index is 113. The van der Waals surface area contributed by atoms with Gasteiger partial charge in [-0.15, -0.1) is 11.6 Å². The van der Waals surface area contributed by atoms with Gasteiger partial charge in [0.2, 0.25) is 0 Å². The molecule has 0 bridgehead atoms. The maximum absolute atomic E-state index is 5.66. The summed E-state index contributed by atoms with van der Waals surface area (Å²) in [5.41, 5.74) is 0. The summed E-state index contributed by atoms with van der Waals surface area (Å²) in [5.74, 6) is 0.573. The first-order valence-corrected chi connectivity index (χ1v) is 5.72. The number of hydrogen-bond donors (Lipinski definition) is 0. The van der Waals surface area contributed by atoms with Crippen molar-refractivity contribution in [3.63, 3.8) is 0 Å². The van der Waals surface area contributed by atoms with E-state index in [1.165, 1.54) is 32.1 Å². The maximum Gasteiger partial charge on any atom is 0.0704 e. The van der Waals surface area contributed by atoms with Gasteiger partial charge in [-0.2, -0.15) is 0 Å². The molecule has 0 radical (unpaired) electrons. The Balaban J connectivity index is 1.86. The molecule has 1 rings (SSSR count). The fourth-order valence-corrected chi connectivity index (χ4v) is 1.77. The van der Waals surface area contributed by atoms with Gasteiger partial charge < -0.3 is 9.47 Å². The summed E-state index contributed by atoms with van der Waals surface area (Å²) < 4.78 is 10.9. The first-order valence-electron chi connectivity index (χ1n) is 5.19. The average molecular weight is 207 g/mol. The zero-order valence-electron chi connectivity index (χ0n) is 8.14. The Morgan fingerprint density at radius 1 is 1.00 bits per heavy atom. The minimum Gasteiger partial charge on any atom is -0.378 e. The van der Waals surface area contributed by atoms with Crippen LogP contribution < -0.4 is 0 Å². The SMILES string of the molecule is ClCCOCCOC1CCCCC1. The summed E-state index contributed by atoms with van der Waals surface area (Å²) in [6, 6.07) is 0. The van der Waals surface area contributed by atoms with Gasteiger partial charge >= 0.3 is 0 Å². The summed E-state index contributed by atoms with van der Waals surface area (Å²) in [4.78, 5) is 0. The first kappa shape index (κ1) is 11.3. The fraction of sp³-hybridized carbons (Fsp3) is 1.00. The number of alkyl halides is 1. The smallest absolute Gasteiger partial charge is 0.0704 e. The van der Waals surface area contributed by atoms with Crippen molar-refractivity contribution in [1.29, 1.82) is 0 Å². The molecule has 0 aromatic rings. The second-order valence-corrected chi connectivity index (χ2v) is 3.81. The molecule has 0 atom stereocenters. The van der Waals surface area contributed by atoms with Crippen molar-refractivity contribution in [2.24, 2.45) is 0 Å². The minimum atomic E-state index is 0.494. The van der Waals surface area contributed by atoms with Crippen LogP contribution in [0.15, 0.2) is 0 Å². The van der Waals surface area contributed by atoms with E-state index in [4.69, 9.17) is 21.1 Å². The van der Waals surface area contributed by atoms with Gasteiger partial charge in [0.1, 0.15) is 0 Å². The highest BCUT2D eigenvalue weighted by molar-refractivity contribution is 6.17. The normalized spacial score (nSPS) is 19.2. The van der Waals surface area contributed by atoms with Crippen LogP contribution in [-0.4, -0.2) is 31.8 Å². The Hall–Kier alpha value is 0.210. The Labute approximate surface area is 85.5 Å².